The molecule has 2 N–H and O–H groups in total. The maximum atomic E-state index is 5.70. The van der Waals surface area contributed by atoms with Crippen molar-refractivity contribution < 1.29 is 0 Å². The Kier molecular flexibility index (Phi) is 3.96. The number of hydrogen-bond donors (Lipinski definition) is 1. The largest absolute Gasteiger partial charge is 0.391 e. The number of hydrogen-bond acceptors (Lipinski definition) is 2. The predicted octanol–water partition coefficient (Wildman–Crippen LogP) is 4.07. The van der Waals surface area contributed by atoms with Gasteiger partial charge in [0, 0.05) is 4.70 Å². The SMILES string of the molecule is CC.CCc1ccc2cc(N)sc2c1. The van der Waals surface area contributed by atoms with Crippen molar-refractivity contribution in [2.45, 2.75) is 27.2 Å². The fourth-order valence-corrected chi connectivity index (χ4v) is 2.21. The van der Waals surface area contributed by atoms with E-state index in [2.05, 4.69) is 25.1 Å². The standard InChI is InChI=1S/C10H11NS.C2H6/c1-2-7-3-4-8-6-10(11)12-9(8)5-7;1-2/h3-6H,2,11H2,1H3;1-2H3. The summed E-state index contributed by atoms with van der Waals surface area (Å²) in [6, 6.07) is 8.55. The van der Waals surface area contributed by atoms with Gasteiger partial charge in [-0.05, 0) is 29.5 Å². The molecule has 0 aliphatic rings. The maximum absolute atomic E-state index is 5.70. The minimum atomic E-state index is 0.901. The summed E-state index contributed by atoms with van der Waals surface area (Å²) in [5.74, 6) is 0. The molecule has 0 radical (unpaired) electrons. The molecule has 0 fully saturated rings. The summed E-state index contributed by atoms with van der Waals surface area (Å²) in [6.07, 6.45) is 1.09. The average Bonchev–Trinajstić information content (AvgIpc) is 2.59. The number of nitrogens with two attached hydrogens (primary N) is 1. The van der Waals surface area contributed by atoms with Crippen molar-refractivity contribution in [3.63, 3.8) is 0 Å². The Morgan fingerprint density at radius 3 is 2.57 bits per heavy atom. The molecule has 0 spiro atoms. The van der Waals surface area contributed by atoms with Gasteiger partial charge in [-0.2, -0.15) is 0 Å². The molecule has 0 aliphatic carbocycles. The van der Waals surface area contributed by atoms with E-state index in [1.54, 1.807) is 11.3 Å². The van der Waals surface area contributed by atoms with Crippen LogP contribution < -0.4 is 5.73 Å². The van der Waals surface area contributed by atoms with Gasteiger partial charge in [0.2, 0.25) is 0 Å². The van der Waals surface area contributed by atoms with Gasteiger partial charge in [-0.3, -0.25) is 0 Å². The van der Waals surface area contributed by atoms with Crippen molar-refractivity contribution in [1.29, 1.82) is 0 Å². The molecule has 76 valence electrons. The Balaban J connectivity index is 0.000000461. The van der Waals surface area contributed by atoms with E-state index in [-0.39, 0.29) is 0 Å². The lowest BCUT2D eigenvalue weighted by Gasteiger charge is -1.94. The van der Waals surface area contributed by atoms with Crippen LogP contribution in [0.3, 0.4) is 0 Å². The molecule has 2 heteroatoms. The van der Waals surface area contributed by atoms with Crippen LogP contribution in [0.25, 0.3) is 10.1 Å². The van der Waals surface area contributed by atoms with Crippen LogP contribution in [-0.4, -0.2) is 0 Å². The van der Waals surface area contributed by atoms with Crippen LogP contribution in [0.1, 0.15) is 26.3 Å². The lowest BCUT2D eigenvalue weighted by Crippen LogP contribution is -1.75. The first kappa shape index (κ1) is 11.1. The van der Waals surface area contributed by atoms with E-state index in [0.717, 1.165) is 11.4 Å². The second-order valence-electron chi connectivity index (χ2n) is 2.87. The Bertz CT molecular complexity index is 404. The zero-order valence-electron chi connectivity index (χ0n) is 9.00. The lowest BCUT2D eigenvalue weighted by molar-refractivity contribution is 1.15. The van der Waals surface area contributed by atoms with Crippen LogP contribution >= 0.6 is 11.3 Å². The highest BCUT2D eigenvalue weighted by Gasteiger charge is 1.98. The second-order valence-corrected chi connectivity index (χ2v) is 3.99. The molecule has 2 aromatic rings. The number of thiophene rings is 1. The van der Waals surface area contributed by atoms with Crippen molar-refractivity contribution in [3.8, 4) is 0 Å². The molecule has 1 aromatic carbocycles. The fourth-order valence-electron chi connectivity index (χ4n) is 1.32. The van der Waals surface area contributed by atoms with Crippen LogP contribution in [0.15, 0.2) is 24.3 Å². The van der Waals surface area contributed by atoms with Gasteiger partial charge in [-0.1, -0.05) is 32.9 Å². The van der Waals surface area contributed by atoms with E-state index in [0.29, 0.717) is 0 Å². The van der Waals surface area contributed by atoms with Gasteiger partial charge in [-0.25, -0.2) is 0 Å². The van der Waals surface area contributed by atoms with Gasteiger partial charge in [0.05, 0.1) is 5.00 Å². The minimum absolute atomic E-state index is 0.901. The molecule has 1 nitrogen and oxygen atoms in total. The summed E-state index contributed by atoms with van der Waals surface area (Å²) in [4.78, 5) is 0. The van der Waals surface area contributed by atoms with E-state index >= 15 is 0 Å². The molecule has 0 bridgehead atoms. The molecule has 0 atom stereocenters. The van der Waals surface area contributed by atoms with Crippen LogP contribution in [0.2, 0.25) is 0 Å². The predicted molar refractivity (Wildman–Crippen MR) is 67.0 cm³/mol. The third-order valence-corrected chi connectivity index (χ3v) is 2.94. The third-order valence-electron chi connectivity index (χ3n) is 2.01. The van der Waals surface area contributed by atoms with E-state index in [1.165, 1.54) is 15.6 Å². The van der Waals surface area contributed by atoms with E-state index < -0.39 is 0 Å². The van der Waals surface area contributed by atoms with Crippen LogP contribution in [-0.2, 0) is 6.42 Å². The quantitative estimate of drug-likeness (QED) is 0.749. The van der Waals surface area contributed by atoms with Crippen molar-refractivity contribution in [1.82, 2.24) is 0 Å². The molecule has 1 heterocycles. The number of anilines is 1. The Morgan fingerprint density at radius 1 is 1.21 bits per heavy atom. The monoisotopic (exact) mass is 207 g/mol. The van der Waals surface area contributed by atoms with Crippen LogP contribution in [0.4, 0.5) is 5.00 Å². The molecular formula is C12H17NS. The van der Waals surface area contributed by atoms with Gasteiger partial charge in [0.25, 0.3) is 0 Å². The number of nitrogen functional groups attached to an aromatic ring is 1. The van der Waals surface area contributed by atoms with Gasteiger partial charge in [0.15, 0.2) is 0 Å². The molecule has 1 aromatic heterocycles. The summed E-state index contributed by atoms with van der Waals surface area (Å²) in [5.41, 5.74) is 7.08. The number of aryl methyl sites for hydroxylation is 1. The normalized spacial score (nSPS) is 9.64. The first-order chi connectivity index (χ1) is 6.79. The second kappa shape index (κ2) is 5.01. The smallest absolute Gasteiger partial charge is 0.0868 e. The zero-order valence-corrected chi connectivity index (χ0v) is 9.82. The highest BCUT2D eigenvalue weighted by atomic mass is 32.1. The topological polar surface area (TPSA) is 26.0 Å². The lowest BCUT2D eigenvalue weighted by atomic mass is 10.1. The molecule has 2 rings (SSSR count). The summed E-state index contributed by atoms with van der Waals surface area (Å²) in [6.45, 7) is 6.16. The molecule has 0 aliphatic heterocycles. The fraction of sp³-hybridized carbons (Fsp3) is 0.333. The highest BCUT2D eigenvalue weighted by molar-refractivity contribution is 7.22. The minimum Gasteiger partial charge on any atom is -0.391 e. The summed E-state index contributed by atoms with van der Waals surface area (Å²) >= 11 is 1.66. The molecule has 14 heavy (non-hydrogen) atoms. The Morgan fingerprint density at radius 2 is 1.93 bits per heavy atom. The van der Waals surface area contributed by atoms with E-state index in [9.17, 15) is 0 Å². The van der Waals surface area contributed by atoms with Crippen molar-refractivity contribution in [2.75, 3.05) is 5.73 Å². The van der Waals surface area contributed by atoms with Crippen LogP contribution in [0.5, 0.6) is 0 Å². The van der Waals surface area contributed by atoms with E-state index in [1.807, 2.05) is 19.9 Å². The van der Waals surface area contributed by atoms with Gasteiger partial charge >= 0.3 is 0 Å². The summed E-state index contributed by atoms with van der Waals surface area (Å²) in [5, 5.41) is 2.16. The summed E-state index contributed by atoms with van der Waals surface area (Å²) < 4.78 is 1.30. The van der Waals surface area contributed by atoms with Gasteiger partial charge < -0.3 is 5.73 Å². The molecule has 0 amide bonds. The van der Waals surface area contributed by atoms with Gasteiger partial charge in [-0.15, -0.1) is 11.3 Å². The number of benzene rings is 1. The first-order valence-electron chi connectivity index (χ1n) is 5.07. The molecule has 0 saturated heterocycles. The average molecular weight is 207 g/mol. The van der Waals surface area contributed by atoms with Gasteiger partial charge in [0.1, 0.15) is 0 Å². The summed E-state index contributed by atoms with van der Waals surface area (Å²) in [7, 11) is 0. The third kappa shape index (κ3) is 2.26. The molecular weight excluding hydrogens is 190 g/mol. The first-order valence-corrected chi connectivity index (χ1v) is 5.89. The molecule has 0 saturated carbocycles. The highest BCUT2D eigenvalue weighted by Crippen LogP contribution is 2.28. The van der Waals surface area contributed by atoms with E-state index in [4.69, 9.17) is 5.73 Å². The Hall–Kier alpha value is -1.02. The van der Waals surface area contributed by atoms with Crippen molar-refractivity contribution in [3.05, 3.63) is 29.8 Å². The zero-order chi connectivity index (χ0) is 10.6. The number of rotatable bonds is 1. The van der Waals surface area contributed by atoms with Crippen molar-refractivity contribution >= 4 is 26.4 Å². The van der Waals surface area contributed by atoms with Crippen molar-refractivity contribution in [2.24, 2.45) is 0 Å². The maximum Gasteiger partial charge on any atom is 0.0868 e. The molecule has 0 unspecified atom stereocenters. The van der Waals surface area contributed by atoms with Crippen LogP contribution in [0, 0.1) is 0 Å². The number of fused-ring (bicyclic) bond motifs is 1. The Labute approximate surface area is 89.6 Å².